The van der Waals surface area contributed by atoms with Crippen molar-refractivity contribution in [1.82, 2.24) is 4.90 Å². The van der Waals surface area contributed by atoms with E-state index in [2.05, 4.69) is 0 Å². The van der Waals surface area contributed by atoms with E-state index in [4.69, 9.17) is 9.47 Å². The van der Waals surface area contributed by atoms with Crippen molar-refractivity contribution < 1.29 is 23.9 Å². The Labute approximate surface area is 141 Å². The summed E-state index contributed by atoms with van der Waals surface area (Å²) in [4.78, 5) is 37.5. The first-order chi connectivity index (χ1) is 11.6. The van der Waals surface area contributed by atoms with Gasteiger partial charge >= 0.3 is 0 Å². The molecule has 1 amide bonds. The lowest BCUT2D eigenvalue weighted by Gasteiger charge is -2.31. The van der Waals surface area contributed by atoms with E-state index in [1.54, 1.807) is 6.07 Å². The maximum atomic E-state index is 12.5. The van der Waals surface area contributed by atoms with Crippen LogP contribution in [0.3, 0.4) is 0 Å². The average Bonchev–Trinajstić information content (AvgIpc) is 2.64. The number of ketones is 1. The molecule has 130 valence electrons. The Bertz CT molecular complexity index is 613. The monoisotopic (exact) mass is 333 g/mol. The number of benzene rings is 1. The van der Waals surface area contributed by atoms with E-state index in [0.717, 1.165) is 25.5 Å². The molecule has 0 bridgehead atoms. The molecule has 1 heterocycles. The first kappa shape index (κ1) is 18.0. The summed E-state index contributed by atoms with van der Waals surface area (Å²) in [5.41, 5.74) is 0.238. The highest BCUT2D eigenvalue weighted by Gasteiger charge is 2.31. The summed E-state index contributed by atoms with van der Waals surface area (Å²) in [7, 11) is 1.52. The Morgan fingerprint density at radius 2 is 2.08 bits per heavy atom. The van der Waals surface area contributed by atoms with E-state index in [1.807, 2.05) is 6.92 Å². The smallest absolute Gasteiger partial charge is 0.295 e. The minimum Gasteiger partial charge on any atom is -0.493 e. The Morgan fingerprint density at radius 3 is 2.75 bits per heavy atom. The van der Waals surface area contributed by atoms with E-state index in [-0.39, 0.29) is 5.56 Å². The van der Waals surface area contributed by atoms with Gasteiger partial charge in [0.1, 0.15) is 6.29 Å². The minimum atomic E-state index is -0.640. The largest absolute Gasteiger partial charge is 0.493 e. The van der Waals surface area contributed by atoms with E-state index in [9.17, 15) is 14.4 Å². The maximum absolute atomic E-state index is 12.5. The lowest BCUT2D eigenvalue weighted by atomic mass is 10.0. The zero-order valence-corrected chi connectivity index (χ0v) is 14.1. The summed E-state index contributed by atoms with van der Waals surface area (Å²) in [5.74, 6) is -0.328. The van der Waals surface area contributed by atoms with Gasteiger partial charge in [-0.05, 0) is 43.9 Å². The fraction of sp³-hybridized carbons (Fsp3) is 0.500. The highest BCUT2D eigenvalue weighted by atomic mass is 16.5. The molecule has 0 saturated carbocycles. The zero-order chi connectivity index (χ0) is 17.5. The van der Waals surface area contributed by atoms with Gasteiger partial charge in [-0.15, -0.1) is 0 Å². The molecule has 1 aliphatic heterocycles. The number of methoxy groups -OCH3 is 1. The third-order valence-electron chi connectivity index (χ3n) is 4.05. The number of amides is 1. The van der Waals surface area contributed by atoms with Crippen molar-refractivity contribution in [3.63, 3.8) is 0 Å². The van der Waals surface area contributed by atoms with Gasteiger partial charge < -0.3 is 19.2 Å². The third-order valence-corrected chi connectivity index (χ3v) is 4.05. The Balaban J connectivity index is 2.21. The fourth-order valence-corrected chi connectivity index (χ4v) is 2.75. The van der Waals surface area contributed by atoms with Gasteiger partial charge in [-0.25, -0.2) is 0 Å². The third kappa shape index (κ3) is 3.93. The molecule has 0 N–H and O–H groups in total. The normalized spacial score (nSPS) is 17.2. The van der Waals surface area contributed by atoms with Crippen LogP contribution in [0.25, 0.3) is 0 Å². The maximum Gasteiger partial charge on any atom is 0.295 e. The van der Waals surface area contributed by atoms with Gasteiger partial charge in [0.25, 0.3) is 11.7 Å². The van der Waals surface area contributed by atoms with E-state index < -0.39 is 17.7 Å². The van der Waals surface area contributed by atoms with Crippen LogP contribution in [0.2, 0.25) is 0 Å². The van der Waals surface area contributed by atoms with Gasteiger partial charge in [0.05, 0.1) is 19.8 Å². The highest BCUT2D eigenvalue weighted by molar-refractivity contribution is 6.43. The number of nitrogens with zero attached hydrogens (tertiary/aromatic N) is 1. The van der Waals surface area contributed by atoms with Crippen LogP contribution in [-0.2, 0) is 9.59 Å². The number of hydrogen-bond donors (Lipinski definition) is 0. The van der Waals surface area contributed by atoms with Gasteiger partial charge in [-0.1, -0.05) is 6.92 Å². The Kier molecular flexibility index (Phi) is 6.35. The SMILES string of the molecule is CCCOc1cc(C(=O)C(=O)N2CCCCC2C=O)ccc1OC. The second kappa shape index (κ2) is 8.47. The second-order valence-electron chi connectivity index (χ2n) is 5.74. The van der Waals surface area contributed by atoms with E-state index >= 15 is 0 Å². The van der Waals surface area contributed by atoms with Crippen molar-refractivity contribution in [2.24, 2.45) is 0 Å². The van der Waals surface area contributed by atoms with Crippen molar-refractivity contribution in [1.29, 1.82) is 0 Å². The zero-order valence-electron chi connectivity index (χ0n) is 14.1. The highest BCUT2D eigenvalue weighted by Crippen LogP contribution is 2.29. The summed E-state index contributed by atoms with van der Waals surface area (Å²) in [5, 5.41) is 0. The van der Waals surface area contributed by atoms with Gasteiger partial charge in [-0.2, -0.15) is 0 Å². The number of aldehydes is 1. The first-order valence-electron chi connectivity index (χ1n) is 8.23. The van der Waals surface area contributed by atoms with Crippen LogP contribution < -0.4 is 9.47 Å². The number of hydrogen-bond acceptors (Lipinski definition) is 5. The molecule has 1 unspecified atom stereocenters. The van der Waals surface area contributed by atoms with Crippen LogP contribution in [0.4, 0.5) is 0 Å². The molecule has 0 radical (unpaired) electrons. The van der Waals surface area contributed by atoms with Gasteiger partial charge in [0.15, 0.2) is 11.5 Å². The molecule has 1 fully saturated rings. The second-order valence-corrected chi connectivity index (χ2v) is 5.74. The van der Waals surface area contributed by atoms with Crippen molar-refractivity contribution in [2.45, 2.75) is 38.6 Å². The molecule has 6 heteroatoms. The number of Topliss-reactive ketones (excluding diaryl/α,β-unsaturated/α-hetero) is 1. The molecular weight excluding hydrogens is 310 g/mol. The molecule has 6 nitrogen and oxygen atoms in total. The molecule has 1 aromatic rings. The van der Waals surface area contributed by atoms with Crippen molar-refractivity contribution in [3.05, 3.63) is 23.8 Å². The topological polar surface area (TPSA) is 72.9 Å². The molecule has 1 aromatic carbocycles. The number of ether oxygens (including phenoxy) is 2. The summed E-state index contributed by atoms with van der Waals surface area (Å²) < 4.78 is 10.8. The predicted molar refractivity (Wildman–Crippen MR) is 88.5 cm³/mol. The number of piperidine rings is 1. The molecular formula is C18H23NO5. The van der Waals surface area contributed by atoms with Gasteiger partial charge in [0.2, 0.25) is 0 Å². The Hall–Kier alpha value is -2.37. The Morgan fingerprint density at radius 1 is 1.29 bits per heavy atom. The number of rotatable bonds is 7. The summed E-state index contributed by atoms with van der Waals surface area (Å²) in [6.07, 6.45) is 3.86. The summed E-state index contributed by atoms with van der Waals surface area (Å²) in [6, 6.07) is 4.16. The minimum absolute atomic E-state index is 0.238. The van der Waals surface area contributed by atoms with Crippen LogP contribution in [0.1, 0.15) is 43.0 Å². The number of likely N-dealkylation sites (tertiary alicyclic amines) is 1. The summed E-state index contributed by atoms with van der Waals surface area (Å²) >= 11 is 0. The van der Waals surface area contributed by atoms with Crippen LogP contribution in [0, 0.1) is 0 Å². The van der Waals surface area contributed by atoms with Crippen molar-refractivity contribution in [2.75, 3.05) is 20.3 Å². The van der Waals surface area contributed by atoms with Crippen LogP contribution in [-0.4, -0.2) is 49.2 Å². The first-order valence-corrected chi connectivity index (χ1v) is 8.23. The predicted octanol–water partition coefficient (Wildman–Crippen LogP) is 2.25. The summed E-state index contributed by atoms with van der Waals surface area (Å²) in [6.45, 7) is 2.89. The van der Waals surface area contributed by atoms with Crippen LogP contribution in [0.15, 0.2) is 18.2 Å². The molecule has 1 aliphatic rings. The molecule has 1 atom stereocenters. The quantitative estimate of drug-likeness (QED) is 0.435. The van der Waals surface area contributed by atoms with Crippen LogP contribution in [0.5, 0.6) is 11.5 Å². The molecule has 1 saturated heterocycles. The number of carbonyl (C=O) groups excluding carboxylic acids is 3. The molecule has 24 heavy (non-hydrogen) atoms. The lowest BCUT2D eigenvalue weighted by Crippen LogP contribution is -2.47. The van der Waals surface area contributed by atoms with E-state index in [0.29, 0.717) is 31.1 Å². The van der Waals surface area contributed by atoms with Crippen molar-refractivity contribution >= 4 is 18.0 Å². The van der Waals surface area contributed by atoms with Crippen molar-refractivity contribution in [3.8, 4) is 11.5 Å². The fourth-order valence-electron chi connectivity index (χ4n) is 2.75. The number of carbonyl (C=O) groups is 3. The lowest BCUT2D eigenvalue weighted by molar-refractivity contribution is -0.133. The molecule has 2 rings (SSSR count). The average molecular weight is 333 g/mol. The molecule has 0 aliphatic carbocycles. The van der Waals surface area contributed by atoms with Gasteiger partial charge in [-0.3, -0.25) is 9.59 Å². The van der Waals surface area contributed by atoms with E-state index in [1.165, 1.54) is 24.1 Å². The van der Waals surface area contributed by atoms with Crippen LogP contribution >= 0.6 is 0 Å². The standard InChI is InChI=1S/C18H23NO5/c1-3-10-24-16-11-13(7-8-15(16)23-2)17(21)18(22)19-9-5-4-6-14(19)12-20/h7-8,11-12,14H,3-6,9-10H2,1-2H3. The molecule has 0 spiro atoms. The van der Waals surface area contributed by atoms with Gasteiger partial charge in [0, 0.05) is 12.1 Å². The molecule has 0 aromatic heterocycles.